The molecule has 0 saturated heterocycles. The SMILES string of the molecule is CC1(Br)CNCCc2ccccc21. The van der Waals surface area contributed by atoms with Gasteiger partial charge < -0.3 is 5.32 Å². The lowest BCUT2D eigenvalue weighted by Gasteiger charge is -2.22. The van der Waals surface area contributed by atoms with Crippen LogP contribution in [0.5, 0.6) is 0 Å². The summed E-state index contributed by atoms with van der Waals surface area (Å²) in [5.74, 6) is 0. The first-order valence-electron chi connectivity index (χ1n) is 4.68. The van der Waals surface area contributed by atoms with Gasteiger partial charge in [-0.3, -0.25) is 0 Å². The van der Waals surface area contributed by atoms with Gasteiger partial charge in [-0.1, -0.05) is 40.2 Å². The van der Waals surface area contributed by atoms with Gasteiger partial charge >= 0.3 is 0 Å². The third-order valence-electron chi connectivity index (χ3n) is 2.61. The van der Waals surface area contributed by atoms with Gasteiger partial charge in [0, 0.05) is 6.54 Å². The second kappa shape index (κ2) is 3.43. The summed E-state index contributed by atoms with van der Waals surface area (Å²) < 4.78 is 0.0973. The standard InChI is InChI=1S/C11H14BrN/c1-11(12)8-13-7-6-9-4-2-3-5-10(9)11/h2-5,13H,6-8H2,1H3. The van der Waals surface area contributed by atoms with E-state index >= 15 is 0 Å². The Kier molecular flexibility index (Phi) is 2.43. The molecule has 1 unspecified atom stereocenters. The first-order chi connectivity index (χ1) is 6.20. The number of hydrogen-bond donors (Lipinski definition) is 1. The lowest BCUT2D eigenvalue weighted by atomic mass is 9.95. The Morgan fingerprint density at radius 3 is 3.00 bits per heavy atom. The molecule has 0 amide bonds. The molecule has 1 N–H and O–H groups in total. The van der Waals surface area contributed by atoms with Crippen LogP contribution >= 0.6 is 15.9 Å². The van der Waals surface area contributed by atoms with Gasteiger partial charge in [0.05, 0.1) is 4.32 Å². The Balaban J connectivity index is 2.48. The van der Waals surface area contributed by atoms with Crippen molar-refractivity contribution >= 4 is 15.9 Å². The zero-order valence-corrected chi connectivity index (χ0v) is 9.39. The summed E-state index contributed by atoms with van der Waals surface area (Å²) in [7, 11) is 0. The predicted octanol–water partition coefficient (Wildman–Crippen LogP) is 2.44. The van der Waals surface area contributed by atoms with Gasteiger partial charge in [0.1, 0.15) is 0 Å². The molecule has 2 rings (SSSR count). The van der Waals surface area contributed by atoms with E-state index < -0.39 is 0 Å². The Labute approximate surface area is 87.7 Å². The molecule has 1 aliphatic rings. The van der Waals surface area contributed by atoms with Crippen molar-refractivity contribution in [3.63, 3.8) is 0 Å². The minimum absolute atomic E-state index is 0.0973. The van der Waals surface area contributed by atoms with E-state index in [4.69, 9.17) is 0 Å². The van der Waals surface area contributed by atoms with E-state index in [2.05, 4.69) is 52.4 Å². The molecule has 1 heterocycles. The monoisotopic (exact) mass is 239 g/mol. The van der Waals surface area contributed by atoms with Crippen molar-refractivity contribution in [2.75, 3.05) is 13.1 Å². The van der Waals surface area contributed by atoms with Crippen LogP contribution in [0.2, 0.25) is 0 Å². The molecule has 0 aliphatic carbocycles. The molecule has 0 saturated carbocycles. The fraction of sp³-hybridized carbons (Fsp3) is 0.455. The number of halogens is 1. The van der Waals surface area contributed by atoms with Crippen molar-refractivity contribution < 1.29 is 0 Å². The van der Waals surface area contributed by atoms with Crippen molar-refractivity contribution in [3.8, 4) is 0 Å². The predicted molar refractivity (Wildman–Crippen MR) is 59.3 cm³/mol. The van der Waals surface area contributed by atoms with Gasteiger partial charge in [0.15, 0.2) is 0 Å². The number of benzene rings is 1. The molecule has 0 bridgehead atoms. The highest BCUT2D eigenvalue weighted by atomic mass is 79.9. The Hall–Kier alpha value is -0.340. The van der Waals surface area contributed by atoms with E-state index in [1.54, 1.807) is 0 Å². The molecule has 1 atom stereocenters. The van der Waals surface area contributed by atoms with Gasteiger partial charge in [-0.2, -0.15) is 0 Å². The van der Waals surface area contributed by atoms with E-state index in [9.17, 15) is 0 Å². The molecular formula is C11H14BrN. The van der Waals surface area contributed by atoms with Crippen molar-refractivity contribution in [2.24, 2.45) is 0 Å². The highest BCUT2D eigenvalue weighted by Crippen LogP contribution is 2.33. The normalized spacial score (nSPS) is 27.8. The molecule has 1 nitrogen and oxygen atoms in total. The summed E-state index contributed by atoms with van der Waals surface area (Å²) in [5, 5.41) is 3.44. The summed E-state index contributed by atoms with van der Waals surface area (Å²) in [4.78, 5) is 0. The summed E-state index contributed by atoms with van der Waals surface area (Å²) in [5.41, 5.74) is 2.90. The minimum Gasteiger partial charge on any atom is -0.315 e. The molecule has 1 aromatic rings. The molecule has 0 spiro atoms. The maximum atomic E-state index is 3.78. The van der Waals surface area contributed by atoms with Gasteiger partial charge in [-0.25, -0.2) is 0 Å². The number of alkyl halides is 1. The van der Waals surface area contributed by atoms with E-state index in [1.807, 2.05) is 0 Å². The molecule has 0 aromatic heterocycles. The van der Waals surface area contributed by atoms with Gasteiger partial charge in [0.25, 0.3) is 0 Å². The van der Waals surface area contributed by atoms with Crippen molar-refractivity contribution in [1.29, 1.82) is 0 Å². The summed E-state index contributed by atoms with van der Waals surface area (Å²) in [6.45, 7) is 4.31. The maximum absolute atomic E-state index is 3.78. The highest BCUT2D eigenvalue weighted by molar-refractivity contribution is 9.09. The summed E-state index contributed by atoms with van der Waals surface area (Å²) >= 11 is 3.78. The van der Waals surface area contributed by atoms with Crippen LogP contribution in [0, 0.1) is 0 Å². The number of nitrogens with one attached hydrogen (secondary N) is 1. The van der Waals surface area contributed by atoms with Crippen LogP contribution in [0.3, 0.4) is 0 Å². The quantitative estimate of drug-likeness (QED) is 0.687. The Bertz CT molecular complexity index is 307. The minimum atomic E-state index is 0.0973. The van der Waals surface area contributed by atoms with Crippen LogP contribution < -0.4 is 5.32 Å². The highest BCUT2D eigenvalue weighted by Gasteiger charge is 2.26. The average molecular weight is 240 g/mol. The zero-order valence-electron chi connectivity index (χ0n) is 7.81. The summed E-state index contributed by atoms with van der Waals surface area (Å²) in [6, 6.07) is 8.68. The summed E-state index contributed by atoms with van der Waals surface area (Å²) in [6.07, 6.45) is 1.14. The number of fused-ring (bicyclic) bond motifs is 1. The van der Waals surface area contributed by atoms with E-state index in [-0.39, 0.29) is 4.32 Å². The molecular weight excluding hydrogens is 226 g/mol. The van der Waals surface area contributed by atoms with Crippen LogP contribution in [-0.2, 0) is 10.7 Å². The van der Waals surface area contributed by atoms with Gasteiger partial charge in [0.2, 0.25) is 0 Å². The van der Waals surface area contributed by atoms with Crippen LogP contribution in [0.4, 0.5) is 0 Å². The molecule has 1 aromatic carbocycles. The van der Waals surface area contributed by atoms with E-state index in [0.717, 1.165) is 19.5 Å². The number of rotatable bonds is 0. The lowest BCUT2D eigenvalue weighted by Crippen LogP contribution is -2.28. The molecule has 13 heavy (non-hydrogen) atoms. The van der Waals surface area contributed by atoms with Gasteiger partial charge in [-0.15, -0.1) is 0 Å². The third-order valence-corrected chi connectivity index (χ3v) is 3.31. The fourth-order valence-electron chi connectivity index (χ4n) is 1.89. The van der Waals surface area contributed by atoms with Crippen LogP contribution in [-0.4, -0.2) is 13.1 Å². The van der Waals surface area contributed by atoms with Crippen LogP contribution in [0.25, 0.3) is 0 Å². The number of hydrogen-bond acceptors (Lipinski definition) is 1. The molecule has 0 radical (unpaired) electrons. The fourth-order valence-corrected chi connectivity index (χ4v) is 2.47. The first kappa shape index (κ1) is 9.22. The maximum Gasteiger partial charge on any atom is 0.0604 e. The van der Waals surface area contributed by atoms with Crippen molar-refractivity contribution in [2.45, 2.75) is 17.7 Å². The van der Waals surface area contributed by atoms with E-state index in [1.165, 1.54) is 11.1 Å². The van der Waals surface area contributed by atoms with Crippen molar-refractivity contribution in [1.82, 2.24) is 5.32 Å². The zero-order chi connectivity index (χ0) is 9.31. The molecule has 2 heteroatoms. The molecule has 1 aliphatic heterocycles. The van der Waals surface area contributed by atoms with Crippen LogP contribution in [0.1, 0.15) is 18.1 Å². The van der Waals surface area contributed by atoms with Crippen LogP contribution in [0.15, 0.2) is 24.3 Å². The van der Waals surface area contributed by atoms with E-state index in [0.29, 0.717) is 0 Å². The molecule has 70 valence electrons. The van der Waals surface area contributed by atoms with Gasteiger partial charge in [-0.05, 0) is 31.0 Å². The Morgan fingerprint density at radius 1 is 1.38 bits per heavy atom. The lowest BCUT2D eigenvalue weighted by molar-refractivity contribution is 0.614. The third kappa shape index (κ3) is 1.79. The topological polar surface area (TPSA) is 12.0 Å². The van der Waals surface area contributed by atoms with Crippen molar-refractivity contribution in [3.05, 3.63) is 35.4 Å². The molecule has 0 fully saturated rings. The smallest absolute Gasteiger partial charge is 0.0604 e. The second-order valence-corrected chi connectivity index (χ2v) is 5.53. The Morgan fingerprint density at radius 2 is 2.15 bits per heavy atom. The first-order valence-corrected chi connectivity index (χ1v) is 5.47. The average Bonchev–Trinajstić information content (AvgIpc) is 2.26. The largest absolute Gasteiger partial charge is 0.315 e. The second-order valence-electron chi connectivity index (χ2n) is 3.78.